The first-order valence-corrected chi connectivity index (χ1v) is 17.5. The highest BCUT2D eigenvalue weighted by Crippen LogP contribution is 2.40. The van der Waals surface area contributed by atoms with Crippen molar-refractivity contribution >= 4 is 10.8 Å². The smallest absolute Gasteiger partial charge is 0.164 e. The zero-order valence-electron chi connectivity index (χ0n) is 28.4. The summed E-state index contributed by atoms with van der Waals surface area (Å²) >= 11 is 0. The molecule has 1 heterocycles. The number of benzene rings is 8. The Labute approximate surface area is 303 Å². The SMILES string of the molecule is c1ccc(-c2ccc(-c3nc(-c4ccc5cc(-c6ccccc6)ccc5c4)nc(-c4cccc(-c5ccccc5)c4-c4ccccc4)n3)cc2)cc1. The molecule has 0 atom stereocenters. The van der Waals surface area contributed by atoms with Gasteiger partial charge in [0.2, 0.25) is 0 Å². The number of fused-ring (bicyclic) bond motifs is 1. The fourth-order valence-corrected chi connectivity index (χ4v) is 6.90. The molecule has 244 valence electrons. The Morgan fingerprint density at radius 3 is 1.25 bits per heavy atom. The molecule has 1 aromatic heterocycles. The monoisotopic (exact) mass is 663 g/mol. The van der Waals surface area contributed by atoms with Gasteiger partial charge in [0.25, 0.3) is 0 Å². The van der Waals surface area contributed by atoms with Gasteiger partial charge in [-0.25, -0.2) is 15.0 Å². The molecule has 52 heavy (non-hydrogen) atoms. The lowest BCUT2D eigenvalue weighted by Crippen LogP contribution is -2.02. The molecule has 0 fully saturated rings. The molecule has 9 rings (SSSR count). The predicted molar refractivity (Wildman–Crippen MR) is 215 cm³/mol. The molecule has 0 aliphatic rings. The zero-order chi connectivity index (χ0) is 34.7. The van der Waals surface area contributed by atoms with Gasteiger partial charge in [0, 0.05) is 22.3 Å². The molecule has 0 saturated carbocycles. The highest BCUT2D eigenvalue weighted by atomic mass is 15.0. The number of aromatic nitrogens is 3. The van der Waals surface area contributed by atoms with Crippen LogP contribution in [0.25, 0.3) is 89.4 Å². The number of hydrogen-bond acceptors (Lipinski definition) is 3. The van der Waals surface area contributed by atoms with Crippen LogP contribution >= 0.6 is 0 Å². The average molecular weight is 664 g/mol. The summed E-state index contributed by atoms with van der Waals surface area (Å²) < 4.78 is 0. The summed E-state index contributed by atoms with van der Waals surface area (Å²) in [5, 5.41) is 2.29. The third kappa shape index (κ3) is 6.17. The second-order valence-electron chi connectivity index (χ2n) is 12.9. The van der Waals surface area contributed by atoms with Crippen molar-refractivity contribution in [2.75, 3.05) is 0 Å². The molecule has 0 bridgehead atoms. The van der Waals surface area contributed by atoms with Gasteiger partial charge >= 0.3 is 0 Å². The largest absolute Gasteiger partial charge is 0.208 e. The second-order valence-corrected chi connectivity index (χ2v) is 12.9. The Hall–Kier alpha value is -6.97. The molecule has 0 aliphatic heterocycles. The summed E-state index contributed by atoms with van der Waals surface area (Å²) in [5.74, 6) is 1.89. The first-order valence-electron chi connectivity index (χ1n) is 17.5. The molecule has 3 nitrogen and oxygen atoms in total. The molecule has 0 aliphatic carbocycles. The molecular formula is C49H33N3. The third-order valence-corrected chi connectivity index (χ3v) is 9.54. The van der Waals surface area contributed by atoms with Gasteiger partial charge in [-0.1, -0.05) is 188 Å². The van der Waals surface area contributed by atoms with Gasteiger partial charge in [0.1, 0.15) is 0 Å². The minimum Gasteiger partial charge on any atom is -0.208 e. The van der Waals surface area contributed by atoms with E-state index in [2.05, 4.69) is 188 Å². The second kappa shape index (κ2) is 13.7. The van der Waals surface area contributed by atoms with Crippen molar-refractivity contribution in [3.8, 4) is 78.7 Å². The van der Waals surface area contributed by atoms with Crippen LogP contribution in [0.1, 0.15) is 0 Å². The molecule has 0 unspecified atom stereocenters. The minimum atomic E-state index is 0.628. The van der Waals surface area contributed by atoms with E-state index in [0.29, 0.717) is 17.5 Å². The van der Waals surface area contributed by atoms with Gasteiger partial charge in [-0.05, 0) is 61.8 Å². The Kier molecular flexibility index (Phi) is 8.20. The maximum atomic E-state index is 5.24. The van der Waals surface area contributed by atoms with Gasteiger partial charge in [0.05, 0.1) is 0 Å². The Morgan fingerprint density at radius 2 is 0.635 bits per heavy atom. The van der Waals surface area contributed by atoms with Crippen molar-refractivity contribution in [3.05, 3.63) is 200 Å². The van der Waals surface area contributed by atoms with Crippen molar-refractivity contribution < 1.29 is 0 Å². The normalized spacial score (nSPS) is 11.1. The Morgan fingerprint density at radius 1 is 0.231 bits per heavy atom. The molecule has 0 N–H and O–H groups in total. The Balaban J connectivity index is 1.22. The standard InChI is InChI=1S/C49H33N3/c1-5-14-34(15-6-1)36-24-26-39(27-25-36)47-50-48(43-31-30-41-32-40(28-29-42(41)33-43)35-16-7-2-8-17-35)52-49(51-47)45-23-13-22-44(37-18-9-3-10-19-37)46(45)38-20-11-4-12-21-38/h1-33H. The third-order valence-electron chi connectivity index (χ3n) is 9.54. The van der Waals surface area contributed by atoms with E-state index in [4.69, 9.17) is 15.0 Å². The molecule has 8 aromatic carbocycles. The summed E-state index contributed by atoms with van der Waals surface area (Å²) in [6.07, 6.45) is 0. The molecule has 0 spiro atoms. The lowest BCUT2D eigenvalue weighted by atomic mass is 9.90. The predicted octanol–water partition coefficient (Wildman–Crippen LogP) is 12.7. The number of hydrogen-bond donors (Lipinski definition) is 0. The van der Waals surface area contributed by atoms with E-state index < -0.39 is 0 Å². The Bertz CT molecular complexity index is 2640. The molecule has 3 heteroatoms. The molecule has 0 saturated heterocycles. The van der Waals surface area contributed by atoms with E-state index in [-0.39, 0.29) is 0 Å². The maximum Gasteiger partial charge on any atom is 0.164 e. The minimum absolute atomic E-state index is 0.628. The molecule has 0 radical (unpaired) electrons. The van der Waals surface area contributed by atoms with E-state index in [1.54, 1.807) is 0 Å². The molecule has 0 amide bonds. The summed E-state index contributed by atoms with van der Waals surface area (Å²) in [6, 6.07) is 69.9. The first kappa shape index (κ1) is 31.0. The van der Waals surface area contributed by atoms with Crippen LogP contribution in [0, 0.1) is 0 Å². The highest BCUT2D eigenvalue weighted by molar-refractivity contribution is 5.94. The van der Waals surface area contributed by atoms with Crippen molar-refractivity contribution in [1.82, 2.24) is 15.0 Å². The lowest BCUT2D eigenvalue weighted by molar-refractivity contribution is 1.07. The average Bonchev–Trinajstić information content (AvgIpc) is 3.24. The van der Waals surface area contributed by atoms with Crippen LogP contribution in [0.15, 0.2) is 200 Å². The van der Waals surface area contributed by atoms with Crippen LogP contribution in [0.5, 0.6) is 0 Å². The topological polar surface area (TPSA) is 38.7 Å². The van der Waals surface area contributed by atoms with Gasteiger partial charge < -0.3 is 0 Å². The van der Waals surface area contributed by atoms with Gasteiger partial charge in [-0.15, -0.1) is 0 Å². The van der Waals surface area contributed by atoms with Crippen molar-refractivity contribution in [3.63, 3.8) is 0 Å². The van der Waals surface area contributed by atoms with Crippen LogP contribution in [0.3, 0.4) is 0 Å². The van der Waals surface area contributed by atoms with Crippen LogP contribution in [-0.4, -0.2) is 15.0 Å². The quantitative estimate of drug-likeness (QED) is 0.170. The van der Waals surface area contributed by atoms with E-state index in [1.807, 2.05) is 12.1 Å². The van der Waals surface area contributed by atoms with Gasteiger partial charge in [0.15, 0.2) is 17.5 Å². The molecule has 9 aromatic rings. The zero-order valence-corrected chi connectivity index (χ0v) is 28.4. The van der Waals surface area contributed by atoms with E-state index in [9.17, 15) is 0 Å². The van der Waals surface area contributed by atoms with Crippen LogP contribution in [-0.2, 0) is 0 Å². The van der Waals surface area contributed by atoms with Crippen LogP contribution < -0.4 is 0 Å². The summed E-state index contributed by atoms with van der Waals surface area (Å²) in [4.78, 5) is 15.6. The summed E-state index contributed by atoms with van der Waals surface area (Å²) in [6.45, 7) is 0. The summed E-state index contributed by atoms with van der Waals surface area (Å²) in [7, 11) is 0. The van der Waals surface area contributed by atoms with Crippen molar-refractivity contribution in [2.24, 2.45) is 0 Å². The fraction of sp³-hybridized carbons (Fsp3) is 0. The highest BCUT2D eigenvalue weighted by Gasteiger charge is 2.19. The fourth-order valence-electron chi connectivity index (χ4n) is 6.90. The first-order chi connectivity index (χ1) is 25.8. The van der Waals surface area contributed by atoms with E-state index in [0.717, 1.165) is 55.3 Å². The number of nitrogens with zero attached hydrogens (tertiary/aromatic N) is 3. The van der Waals surface area contributed by atoms with Crippen LogP contribution in [0.2, 0.25) is 0 Å². The number of rotatable bonds is 7. The lowest BCUT2D eigenvalue weighted by Gasteiger charge is -2.16. The van der Waals surface area contributed by atoms with E-state index in [1.165, 1.54) is 16.7 Å². The molecular weight excluding hydrogens is 631 g/mol. The van der Waals surface area contributed by atoms with Crippen LogP contribution in [0.4, 0.5) is 0 Å². The maximum absolute atomic E-state index is 5.24. The summed E-state index contributed by atoms with van der Waals surface area (Å²) in [5.41, 5.74) is 12.0. The van der Waals surface area contributed by atoms with Crippen molar-refractivity contribution in [2.45, 2.75) is 0 Å². The van der Waals surface area contributed by atoms with E-state index >= 15 is 0 Å². The van der Waals surface area contributed by atoms with Gasteiger partial charge in [-0.3, -0.25) is 0 Å². The van der Waals surface area contributed by atoms with Crippen molar-refractivity contribution in [1.29, 1.82) is 0 Å². The van der Waals surface area contributed by atoms with Gasteiger partial charge in [-0.2, -0.15) is 0 Å².